The Balaban J connectivity index is 2.94. The summed E-state index contributed by atoms with van der Waals surface area (Å²) in [6, 6.07) is 5.64. The van der Waals surface area contributed by atoms with Crippen molar-refractivity contribution in [2.75, 3.05) is 13.2 Å². The minimum Gasteiger partial charge on any atom is -0.494 e. The van der Waals surface area contributed by atoms with Crippen LogP contribution in [0.4, 0.5) is 0 Å². The molecule has 0 fully saturated rings. The first kappa shape index (κ1) is 10.6. The molecule has 0 amide bonds. The van der Waals surface area contributed by atoms with Crippen molar-refractivity contribution in [2.45, 2.75) is 13.8 Å². The number of benzene rings is 1. The molecule has 1 radical (unpaired) electrons. The first-order valence-electron chi connectivity index (χ1n) is 4.74. The summed E-state index contributed by atoms with van der Waals surface area (Å²) in [4.78, 5) is 0. The van der Waals surface area contributed by atoms with E-state index in [0.717, 1.165) is 17.1 Å². The van der Waals surface area contributed by atoms with E-state index >= 15 is 0 Å². The summed E-state index contributed by atoms with van der Waals surface area (Å²) in [7, 11) is 0. The van der Waals surface area contributed by atoms with Gasteiger partial charge in [0.2, 0.25) is 0 Å². The quantitative estimate of drug-likeness (QED) is 0.712. The fourth-order valence-corrected chi connectivity index (χ4v) is 1.17. The van der Waals surface area contributed by atoms with Gasteiger partial charge in [0, 0.05) is 6.07 Å². The minimum atomic E-state index is 0.645. The Morgan fingerprint density at radius 2 is 1.57 bits per heavy atom. The SMILES string of the molecule is C=[C]c1cc(OCC)cc(OCC)c1. The van der Waals surface area contributed by atoms with E-state index in [1.54, 1.807) is 0 Å². The average molecular weight is 191 g/mol. The normalized spacial score (nSPS) is 9.57. The van der Waals surface area contributed by atoms with Crippen molar-refractivity contribution in [3.63, 3.8) is 0 Å². The molecule has 0 bridgehead atoms. The van der Waals surface area contributed by atoms with Crippen LogP contribution >= 0.6 is 0 Å². The summed E-state index contributed by atoms with van der Waals surface area (Å²) >= 11 is 0. The van der Waals surface area contributed by atoms with E-state index in [-0.39, 0.29) is 0 Å². The van der Waals surface area contributed by atoms with Crippen molar-refractivity contribution in [2.24, 2.45) is 0 Å². The topological polar surface area (TPSA) is 18.5 Å². The van der Waals surface area contributed by atoms with E-state index < -0.39 is 0 Å². The molecule has 14 heavy (non-hydrogen) atoms. The van der Waals surface area contributed by atoms with E-state index in [9.17, 15) is 0 Å². The van der Waals surface area contributed by atoms with E-state index in [1.165, 1.54) is 0 Å². The van der Waals surface area contributed by atoms with Gasteiger partial charge in [-0.15, -0.1) is 0 Å². The molecule has 0 aliphatic heterocycles. The van der Waals surface area contributed by atoms with E-state index in [4.69, 9.17) is 9.47 Å². The molecule has 0 unspecified atom stereocenters. The molecule has 1 rings (SSSR count). The maximum absolute atomic E-state index is 5.39. The fraction of sp³-hybridized carbons (Fsp3) is 0.333. The van der Waals surface area contributed by atoms with Gasteiger partial charge in [-0.25, -0.2) is 0 Å². The molecule has 75 valence electrons. The first-order valence-corrected chi connectivity index (χ1v) is 4.74. The summed E-state index contributed by atoms with van der Waals surface area (Å²) in [5, 5.41) is 0. The molecule has 0 aromatic heterocycles. The Morgan fingerprint density at radius 3 is 1.93 bits per heavy atom. The molecular formula is C12H15O2. The zero-order valence-corrected chi connectivity index (χ0v) is 8.67. The van der Waals surface area contributed by atoms with Gasteiger partial charge in [-0.3, -0.25) is 0 Å². The lowest BCUT2D eigenvalue weighted by Crippen LogP contribution is -1.95. The van der Waals surface area contributed by atoms with Crippen LogP contribution in [0.5, 0.6) is 11.5 Å². The van der Waals surface area contributed by atoms with Gasteiger partial charge in [0.15, 0.2) is 0 Å². The lowest BCUT2D eigenvalue weighted by molar-refractivity contribution is 0.323. The molecule has 0 N–H and O–H groups in total. The van der Waals surface area contributed by atoms with E-state index in [1.807, 2.05) is 32.0 Å². The van der Waals surface area contributed by atoms with Crippen LogP contribution in [0.3, 0.4) is 0 Å². The highest BCUT2D eigenvalue weighted by molar-refractivity contribution is 5.40. The largest absolute Gasteiger partial charge is 0.494 e. The van der Waals surface area contributed by atoms with Gasteiger partial charge in [0.1, 0.15) is 11.5 Å². The maximum atomic E-state index is 5.39. The number of ether oxygens (including phenoxy) is 2. The van der Waals surface area contributed by atoms with Crippen LogP contribution in [-0.4, -0.2) is 13.2 Å². The predicted octanol–water partition coefficient (Wildman–Crippen LogP) is 2.82. The third-order valence-corrected chi connectivity index (χ3v) is 1.71. The monoisotopic (exact) mass is 191 g/mol. The zero-order valence-electron chi connectivity index (χ0n) is 8.67. The van der Waals surface area contributed by atoms with Crippen molar-refractivity contribution in [1.29, 1.82) is 0 Å². The predicted molar refractivity (Wildman–Crippen MR) is 56.8 cm³/mol. The molecule has 2 heteroatoms. The Kier molecular flexibility index (Phi) is 4.05. The molecule has 2 nitrogen and oxygen atoms in total. The molecule has 0 aliphatic rings. The lowest BCUT2D eigenvalue weighted by atomic mass is 10.2. The standard InChI is InChI=1S/C12H15O2/c1-4-10-7-11(13-5-2)9-12(8-10)14-6-3/h7-9H,1,5-6H2,2-3H3. The van der Waals surface area contributed by atoms with Gasteiger partial charge in [-0.1, -0.05) is 6.58 Å². The van der Waals surface area contributed by atoms with Crippen LogP contribution in [-0.2, 0) is 0 Å². The molecule has 0 spiro atoms. The van der Waals surface area contributed by atoms with Crippen molar-refractivity contribution in [3.8, 4) is 11.5 Å². The Morgan fingerprint density at radius 1 is 1.07 bits per heavy atom. The summed E-state index contributed by atoms with van der Waals surface area (Å²) in [5.41, 5.74) is 0.888. The van der Waals surface area contributed by atoms with Crippen LogP contribution in [0.25, 0.3) is 0 Å². The lowest BCUT2D eigenvalue weighted by Gasteiger charge is -2.08. The molecular weight excluding hydrogens is 176 g/mol. The van der Waals surface area contributed by atoms with Crippen LogP contribution in [0.1, 0.15) is 19.4 Å². The maximum Gasteiger partial charge on any atom is 0.123 e. The molecule has 1 aromatic rings. The summed E-state index contributed by atoms with van der Waals surface area (Å²) in [6.45, 7) is 8.79. The highest BCUT2D eigenvalue weighted by atomic mass is 16.5. The number of hydrogen-bond acceptors (Lipinski definition) is 2. The Bertz CT molecular complexity index is 281. The van der Waals surface area contributed by atoms with Gasteiger partial charge >= 0.3 is 0 Å². The van der Waals surface area contributed by atoms with Crippen LogP contribution in [0, 0.1) is 6.08 Å². The highest BCUT2D eigenvalue weighted by Crippen LogP contribution is 2.22. The van der Waals surface area contributed by atoms with Crippen LogP contribution in [0.15, 0.2) is 24.8 Å². The van der Waals surface area contributed by atoms with Crippen molar-refractivity contribution in [3.05, 3.63) is 36.4 Å². The van der Waals surface area contributed by atoms with Gasteiger partial charge in [-0.2, -0.15) is 0 Å². The molecule has 0 atom stereocenters. The fourth-order valence-electron chi connectivity index (χ4n) is 1.17. The van der Waals surface area contributed by atoms with Crippen LogP contribution in [0.2, 0.25) is 0 Å². The molecule has 0 saturated carbocycles. The van der Waals surface area contributed by atoms with Gasteiger partial charge in [-0.05, 0) is 37.6 Å². The second kappa shape index (κ2) is 5.32. The summed E-state index contributed by atoms with van der Waals surface area (Å²) < 4.78 is 10.8. The molecule has 0 heterocycles. The average Bonchev–Trinajstić information content (AvgIpc) is 2.18. The zero-order chi connectivity index (χ0) is 10.4. The first-order chi connectivity index (χ1) is 6.80. The molecule has 0 saturated heterocycles. The third-order valence-electron chi connectivity index (χ3n) is 1.71. The molecule has 1 aromatic carbocycles. The summed E-state index contributed by atoms with van der Waals surface area (Å²) in [5.74, 6) is 1.59. The van der Waals surface area contributed by atoms with Crippen molar-refractivity contribution >= 4 is 0 Å². The number of rotatable bonds is 5. The van der Waals surface area contributed by atoms with Gasteiger partial charge < -0.3 is 9.47 Å². The summed E-state index contributed by atoms with van der Waals surface area (Å²) in [6.07, 6.45) is 2.81. The smallest absolute Gasteiger partial charge is 0.123 e. The van der Waals surface area contributed by atoms with E-state index in [0.29, 0.717) is 13.2 Å². The Labute approximate surface area is 85.2 Å². The minimum absolute atomic E-state index is 0.645. The van der Waals surface area contributed by atoms with Crippen molar-refractivity contribution < 1.29 is 9.47 Å². The second-order valence-electron chi connectivity index (χ2n) is 2.74. The highest BCUT2D eigenvalue weighted by Gasteiger charge is 2.00. The van der Waals surface area contributed by atoms with E-state index in [2.05, 4.69) is 12.7 Å². The Hall–Kier alpha value is -1.44. The number of hydrogen-bond donors (Lipinski definition) is 0. The molecule has 0 aliphatic carbocycles. The second-order valence-corrected chi connectivity index (χ2v) is 2.74. The van der Waals surface area contributed by atoms with Gasteiger partial charge in [0.05, 0.1) is 13.2 Å². The van der Waals surface area contributed by atoms with Crippen LogP contribution < -0.4 is 9.47 Å². The van der Waals surface area contributed by atoms with Crippen molar-refractivity contribution in [1.82, 2.24) is 0 Å². The third kappa shape index (κ3) is 2.80. The van der Waals surface area contributed by atoms with Gasteiger partial charge in [0.25, 0.3) is 0 Å².